The highest BCUT2D eigenvalue weighted by Crippen LogP contribution is 2.36. The summed E-state index contributed by atoms with van der Waals surface area (Å²) in [6, 6.07) is 5.02. The highest BCUT2D eigenvalue weighted by Gasteiger charge is 2.42. The fourth-order valence-corrected chi connectivity index (χ4v) is 3.57. The van der Waals surface area contributed by atoms with Gasteiger partial charge in [-0.15, -0.1) is 0 Å². The topological polar surface area (TPSA) is 73.9 Å². The number of carbonyl (C=O) groups is 2. The molecule has 1 N–H and O–H groups in total. The minimum absolute atomic E-state index is 0.0842. The third-order valence-electron chi connectivity index (χ3n) is 4.86. The second-order valence-electron chi connectivity index (χ2n) is 7.45. The molecule has 27 heavy (non-hydrogen) atoms. The van der Waals surface area contributed by atoms with Crippen LogP contribution in [0.5, 0.6) is 5.75 Å². The van der Waals surface area contributed by atoms with Gasteiger partial charge in [0.2, 0.25) is 0 Å². The predicted molar refractivity (Wildman–Crippen MR) is 104 cm³/mol. The summed E-state index contributed by atoms with van der Waals surface area (Å²) in [5, 5.41) is 2.91. The fraction of sp³-hybridized carbons (Fsp3) is 0.619. The van der Waals surface area contributed by atoms with Gasteiger partial charge in [0.25, 0.3) is 5.91 Å². The Labute approximate surface area is 161 Å². The first-order chi connectivity index (χ1) is 12.8. The summed E-state index contributed by atoms with van der Waals surface area (Å²) in [5.41, 5.74) is -0.00451. The second kappa shape index (κ2) is 9.22. The Balaban J connectivity index is 2.26. The lowest BCUT2D eigenvalue weighted by Gasteiger charge is -2.37. The Hall–Kier alpha value is -2.08. The molecule has 1 saturated carbocycles. The zero-order chi connectivity index (χ0) is 20.0. The van der Waals surface area contributed by atoms with E-state index in [1.165, 1.54) is 0 Å². The first-order valence-corrected chi connectivity index (χ1v) is 9.65. The molecule has 150 valence electrons. The van der Waals surface area contributed by atoms with Gasteiger partial charge in [-0.3, -0.25) is 4.79 Å². The van der Waals surface area contributed by atoms with E-state index in [1.807, 2.05) is 13.8 Å². The lowest BCUT2D eigenvalue weighted by atomic mass is 9.78. The van der Waals surface area contributed by atoms with Crippen molar-refractivity contribution >= 4 is 17.6 Å². The molecular formula is C21H31NO5. The van der Waals surface area contributed by atoms with E-state index >= 15 is 0 Å². The van der Waals surface area contributed by atoms with Crippen LogP contribution in [0.4, 0.5) is 5.69 Å². The number of esters is 1. The summed E-state index contributed by atoms with van der Waals surface area (Å²) < 4.78 is 16.5. The fourth-order valence-electron chi connectivity index (χ4n) is 3.57. The SMILES string of the molecule is CCOC(=O)c1cc(NC(=O)[C@@]2(OC)CCC[C@H](C)C2)ccc1OC(C)C. The van der Waals surface area contributed by atoms with Gasteiger partial charge in [0.15, 0.2) is 0 Å². The van der Waals surface area contributed by atoms with Crippen molar-refractivity contribution in [2.45, 2.75) is 65.1 Å². The van der Waals surface area contributed by atoms with Crippen LogP contribution in [-0.4, -0.2) is 37.3 Å². The molecule has 0 heterocycles. The van der Waals surface area contributed by atoms with Crippen LogP contribution in [0.3, 0.4) is 0 Å². The molecule has 2 rings (SSSR count). The summed E-state index contributed by atoms with van der Waals surface area (Å²) in [5.74, 6) is 0.219. The van der Waals surface area contributed by atoms with Crippen molar-refractivity contribution in [3.63, 3.8) is 0 Å². The first kappa shape index (κ1) is 21.2. The minimum atomic E-state index is -0.825. The van der Waals surface area contributed by atoms with Crippen LogP contribution in [0, 0.1) is 5.92 Å². The molecule has 1 aromatic carbocycles. The number of nitrogens with one attached hydrogen (secondary N) is 1. The van der Waals surface area contributed by atoms with Gasteiger partial charge in [-0.2, -0.15) is 0 Å². The predicted octanol–water partition coefficient (Wildman–Crippen LogP) is 4.18. The van der Waals surface area contributed by atoms with Gasteiger partial charge in [0.1, 0.15) is 16.9 Å². The normalized spacial score (nSPS) is 22.4. The van der Waals surface area contributed by atoms with Gasteiger partial charge < -0.3 is 19.5 Å². The van der Waals surface area contributed by atoms with Crippen LogP contribution in [-0.2, 0) is 14.3 Å². The van der Waals surface area contributed by atoms with Gasteiger partial charge in [-0.1, -0.05) is 13.3 Å². The van der Waals surface area contributed by atoms with Crippen LogP contribution in [0.15, 0.2) is 18.2 Å². The van der Waals surface area contributed by atoms with Gasteiger partial charge in [-0.25, -0.2) is 4.79 Å². The molecule has 0 spiro atoms. The molecule has 0 aromatic heterocycles. The third kappa shape index (κ3) is 5.22. The van der Waals surface area contributed by atoms with Gasteiger partial charge in [-0.05, 0) is 64.2 Å². The maximum Gasteiger partial charge on any atom is 0.341 e. The molecule has 0 unspecified atom stereocenters. The summed E-state index contributed by atoms with van der Waals surface area (Å²) in [6.07, 6.45) is 3.36. The minimum Gasteiger partial charge on any atom is -0.490 e. The molecule has 1 aliphatic rings. The van der Waals surface area contributed by atoms with Gasteiger partial charge in [0.05, 0.1) is 12.7 Å². The maximum atomic E-state index is 13.0. The standard InChI is InChI=1S/C21H31NO5/c1-6-26-19(23)17-12-16(9-10-18(17)27-14(2)3)22-20(24)21(25-5)11-7-8-15(4)13-21/h9-10,12,14-15H,6-8,11,13H2,1-5H3,(H,22,24)/t15-,21+/m0/s1. The van der Waals surface area contributed by atoms with Crippen molar-refractivity contribution in [1.29, 1.82) is 0 Å². The average Bonchev–Trinajstić information content (AvgIpc) is 2.62. The number of hydrogen-bond donors (Lipinski definition) is 1. The summed E-state index contributed by atoms with van der Waals surface area (Å²) >= 11 is 0. The van der Waals surface area contributed by atoms with E-state index in [0.717, 1.165) is 12.8 Å². The number of amides is 1. The Bertz CT molecular complexity index is 673. The van der Waals surface area contributed by atoms with Crippen LogP contribution in [0.1, 0.15) is 63.7 Å². The summed E-state index contributed by atoms with van der Waals surface area (Å²) in [7, 11) is 1.58. The first-order valence-electron chi connectivity index (χ1n) is 9.65. The number of anilines is 1. The van der Waals surface area contributed by atoms with Crippen LogP contribution >= 0.6 is 0 Å². The average molecular weight is 377 g/mol. The Kier molecular flexibility index (Phi) is 7.25. The highest BCUT2D eigenvalue weighted by molar-refractivity contribution is 5.99. The van der Waals surface area contributed by atoms with E-state index in [2.05, 4.69) is 12.2 Å². The molecule has 1 aromatic rings. The lowest BCUT2D eigenvalue weighted by Crippen LogP contribution is -2.47. The van der Waals surface area contributed by atoms with Gasteiger partial charge in [0, 0.05) is 12.8 Å². The molecule has 6 nitrogen and oxygen atoms in total. The number of rotatable bonds is 7. The quantitative estimate of drug-likeness (QED) is 0.722. The molecule has 0 saturated heterocycles. The number of carbonyl (C=O) groups excluding carboxylic acids is 2. The number of methoxy groups -OCH3 is 1. The Morgan fingerprint density at radius 2 is 2.07 bits per heavy atom. The molecular weight excluding hydrogens is 346 g/mol. The van der Waals surface area contributed by atoms with Crippen LogP contribution in [0.2, 0.25) is 0 Å². The third-order valence-corrected chi connectivity index (χ3v) is 4.86. The van der Waals surface area contributed by atoms with Crippen molar-refractivity contribution < 1.29 is 23.8 Å². The maximum absolute atomic E-state index is 13.0. The van der Waals surface area contributed by atoms with Gasteiger partial charge >= 0.3 is 5.97 Å². The molecule has 1 amide bonds. The van der Waals surface area contributed by atoms with Crippen molar-refractivity contribution in [3.05, 3.63) is 23.8 Å². The summed E-state index contributed by atoms with van der Waals surface area (Å²) in [4.78, 5) is 25.3. The van der Waals surface area contributed by atoms with E-state index in [-0.39, 0.29) is 18.6 Å². The molecule has 1 fully saturated rings. The van der Waals surface area contributed by atoms with Crippen molar-refractivity contribution in [2.24, 2.45) is 5.92 Å². The zero-order valence-corrected chi connectivity index (χ0v) is 17.0. The molecule has 0 aliphatic heterocycles. The lowest BCUT2D eigenvalue weighted by molar-refractivity contribution is -0.143. The molecule has 2 atom stereocenters. The van der Waals surface area contributed by atoms with E-state index in [9.17, 15) is 9.59 Å². The van der Waals surface area contributed by atoms with E-state index < -0.39 is 11.6 Å². The highest BCUT2D eigenvalue weighted by atomic mass is 16.5. The monoisotopic (exact) mass is 377 g/mol. The largest absolute Gasteiger partial charge is 0.490 e. The van der Waals surface area contributed by atoms with E-state index in [0.29, 0.717) is 35.8 Å². The second-order valence-corrected chi connectivity index (χ2v) is 7.45. The molecule has 0 radical (unpaired) electrons. The Morgan fingerprint density at radius 3 is 2.67 bits per heavy atom. The number of benzene rings is 1. The molecule has 1 aliphatic carbocycles. The van der Waals surface area contributed by atoms with Crippen molar-refractivity contribution in [2.75, 3.05) is 19.0 Å². The Morgan fingerprint density at radius 1 is 1.33 bits per heavy atom. The number of hydrogen-bond acceptors (Lipinski definition) is 5. The van der Waals surface area contributed by atoms with Crippen molar-refractivity contribution in [1.82, 2.24) is 0 Å². The van der Waals surface area contributed by atoms with Crippen LogP contribution < -0.4 is 10.1 Å². The molecule has 0 bridgehead atoms. The summed E-state index contributed by atoms with van der Waals surface area (Å²) in [6.45, 7) is 7.92. The van der Waals surface area contributed by atoms with E-state index in [4.69, 9.17) is 14.2 Å². The van der Waals surface area contributed by atoms with Crippen LogP contribution in [0.25, 0.3) is 0 Å². The van der Waals surface area contributed by atoms with Crippen molar-refractivity contribution in [3.8, 4) is 5.75 Å². The zero-order valence-electron chi connectivity index (χ0n) is 17.0. The number of ether oxygens (including phenoxy) is 3. The van der Waals surface area contributed by atoms with E-state index in [1.54, 1.807) is 32.2 Å². The molecule has 6 heteroatoms. The smallest absolute Gasteiger partial charge is 0.341 e.